The molecule has 0 unspecified atom stereocenters. The van der Waals surface area contributed by atoms with E-state index in [1.54, 1.807) is 24.7 Å². The summed E-state index contributed by atoms with van der Waals surface area (Å²) in [6, 6.07) is 8.14. The molecule has 0 saturated carbocycles. The number of guanidine groups is 1. The molecule has 0 spiro atoms. The summed E-state index contributed by atoms with van der Waals surface area (Å²) in [6.45, 7) is 3.15. The van der Waals surface area contributed by atoms with E-state index >= 15 is 0 Å². The standard InChI is InChI=1S/C17H25N3O2S.HI/c1-21-12-4-9-18-17(19-10-7-15-5-2-13-22-15)20-11-8-16-6-3-14-23-16;/h2-3,5-6,13-14H,4,7-12H2,1H3,(H2,18,19,20);1H. The molecule has 0 amide bonds. The molecule has 0 bridgehead atoms. The van der Waals surface area contributed by atoms with Crippen LogP contribution in [0.15, 0.2) is 45.3 Å². The predicted molar refractivity (Wildman–Crippen MR) is 111 cm³/mol. The molecule has 0 fully saturated rings. The Hall–Kier alpha value is -1.06. The van der Waals surface area contributed by atoms with Crippen LogP contribution in [0.25, 0.3) is 0 Å². The Morgan fingerprint density at radius 2 is 2.04 bits per heavy atom. The van der Waals surface area contributed by atoms with Gasteiger partial charge in [0, 0.05) is 44.6 Å². The van der Waals surface area contributed by atoms with E-state index in [0.717, 1.165) is 57.2 Å². The Labute approximate surface area is 164 Å². The van der Waals surface area contributed by atoms with Crippen molar-refractivity contribution >= 4 is 41.3 Å². The molecule has 0 aromatic carbocycles. The third-order valence-corrected chi connectivity index (χ3v) is 4.20. The minimum atomic E-state index is 0. The van der Waals surface area contributed by atoms with E-state index in [0.29, 0.717) is 0 Å². The number of ether oxygens (including phenoxy) is 1. The summed E-state index contributed by atoms with van der Waals surface area (Å²) in [5.74, 6) is 1.83. The highest BCUT2D eigenvalue weighted by atomic mass is 127. The molecule has 2 aromatic heterocycles. The van der Waals surface area contributed by atoms with Crippen LogP contribution in [0.3, 0.4) is 0 Å². The smallest absolute Gasteiger partial charge is 0.191 e. The van der Waals surface area contributed by atoms with E-state index in [2.05, 4.69) is 33.1 Å². The third-order valence-electron chi connectivity index (χ3n) is 3.26. The van der Waals surface area contributed by atoms with E-state index in [-0.39, 0.29) is 24.0 Å². The van der Waals surface area contributed by atoms with E-state index in [1.807, 2.05) is 12.1 Å². The highest BCUT2D eigenvalue weighted by molar-refractivity contribution is 14.0. The summed E-state index contributed by atoms with van der Waals surface area (Å²) in [4.78, 5) is 5.97. The van der Waals surface area contributed by atoms with Crippen molar-refractivity contribution in [2.75, 3.05) is 33.4 Å². The Balaban J connectivity index is 0.00000288. The monoisotopic (exact) mass is 463 g/mol. The number of rotatable bonds is 10. The van der Waals surface area contributed by atoms with Crippen LogP contribution in [0.5, 0.6) is 0 Å². The molecule has 5 nitrogen and oxygen atoms in total. The second kappa shape index (κ2) is 13.3. The van der Waals surface area contributed by atoms with Crippen LogP contribution in [0.1, 0.15) is 17.1 Å². The van der Waals surface area contributed by atoms with E-state index < -0.39 is 0 Å². The second-order valence-corrected chi connectivity index (χ2v) is 6.12. The fourth-order valence-electron chi connectivity index (χ4n) is 2.09. The first kappa shape index (κ1) is 21.0. The van der Waals surface area contributed by atoms with Crippen LogP contribution < -0.4 is 10.6 Å². The summed E-state index contributed by atoms with van der Waals surface area (Å²) >= 11 is 1.79. The summed E-state index contributed by atoms with van der Waals surface area (Å²) in [5, 5.41) is 8.85. The first-order chi connectivity index (χ1) is 11.4. The maximum Gasteiger partial charge on any atom is 0.191 e. The molecule has 0 radical (unpaired) electrons. The Morgan fingerprint density at radius 3 is 2.71 bits per heavy atom. The van der Waals surface area contributed by atoms with Gasteiger partial charge in [-0.2, -0.15) is 0 Å². The van der Waals surface area contributed by atoms with Crippen LogP contribution in [0, 0.1) is 0 Å². The zero-order valence-corrected chi connectivity index (χ0v) is 17.1. The number of thiophene rings is 1. The van der Waals surface area contributed by atoms with Crippen LogP contribution in [-0.4, -0.2) is 39.3 Å². The fourth-order valence-corrected chi connectivity index (χ4v) is 2.80. The second-order valence-electron chi connectivity index (χ2n) is 5.09. The van der Waals surface area contributed by atoms with Gasteiger partial charge in [0.25, 0.3) is 0 Å². The van der Waals surface area contributed by atoms with Gasteiger partial charge in [-0.25, -0.2) is 0 Å². The largest absolute Gasteiger partial charge is 0.469 e. The van der Waals surface area contributed by atoms with Crippen molar-refractivity contribution in [1.29, 1.82) is 0 Å². The van der Waals surface area contributed by atoms with Gasteiger partial charge in [0.2, 0.25) is 0 Å². The van der Waals surface area contributed by atoms with Crippen LogP contribution in [0.4, 0.5) is 0 Å². The summed E-state index contributed by atoms with van der Waals surface area (Å²) in [5.41, 5.74) is 0. The first-order valence-corrected chi connectivity index (χ1v) is 8.82. The average Bonchev–Trinajstić information content (AvgIpc) is 3.24. The van der Waals surface area contributed by atoms with Gasteiger partial charge in [0.15, 0.2) is 5.96 Å². The van der Waals surface area contributed by atoms with Gasteiger partial charge in [0.1, 0.15) is 5.76 Å². The lowest BCUT2D eigenvalue weighted by Gasteiger charge is -2.12. The van der Waals surface area contributed by atoms with E-state index in [1.165, 1.54) is 4.88 Å². The van der Waals surface area contributed by atoms with Crippen LogP contribution in [-0.2, 0) is 17.6 Å². The maximum absolute atomic E-state index is 5.34. The molecule has 2 N–H and O–H groups in total. The zero-order chi connectivity index (χ0) is 16.2. The number of hydrogen-bond acceptors (Lipinski definition) is 4. The van der Waals surface area contributed by atoms with Gasteiger partial charge in [-0.1, -0.05) is 6.07 Å². The van der Waals surface area contributed by atoms with Gasteiger partial charge >= 0.3 is 0 Å². The first-order valence-electron chi connectivity index (χ1n) is 7.94. The molecule has 0 saturated heterocycles. The normalized spacial score (nSPS) is 11.1. The maximum atomic E-state index is 5.34. The summed E-state index contributed by atoms with van der Waals surface area (Å²) in [7, 11) is 1.71. The molecule has 0 aliphatic rings. The molecule has 24 heavy (non-hydrogen) atoms. The zero-order valence-electron chi connectivity index (χ0n) is 14.0. The van der Waals surface area contributed by atoms with Crippen molar-refractivity contribution in [1.82, 2.24) is 10.6 Å². The van der Waals surface area contributed by atoms with Crippen molar-refractivity contribution in [2.24, 2.45) is 4.99 Å². The Morgan fingerprint density at radius 1 is 1.21 bits per heavy atom. The lowest BCUT2D eigenvalue weighted by atomic mass is 10.3. The third kappa shape index (κ3) is 8.70. The number of nitrogens with one attached hydrogen (secondary N) is 2. The van der Waals surface area contributed by atoms with Gasteiger partial charge < -0.3 is 19.8 Å². The number of nitrogens with zero attached hydrogens (tertiary/aromatic N) is 1. The van der Waals surface area contributed by atoms with Crippen molar-refractivity contribution < 1.29 is 9.15 Å². The van der Waals surface area contributed by atoms with Crippen LogP contribution >= 0.6 is 35.3 Å². The van der Waals surface area contributed by atoms with Gasteiger partial charge in [-0.05, 0) is 36.4 Å². The van der Waals surface area contributed by atoms with E-state index in [4.69, 9.17) is 9.15 Å². The highest BCUT2D eigenvalue weighted by Gasteiger charge is 2.01. The molecule has 2 aromatic rings. The molecular formula is C17H26IN3O2S. The highest BCUT2D eigenvalue weighted by Crippen LogP contribution is 2.08. The van der Waals surface area contributed by atoms with Gasteiger partial charge in [-0.3, -0.25) is 4.99 Å². The minimum Gasteiger partial charge on any atom is -0.469 e. The summed E-state index contributed by atoms with van der Waals surface area (Å²) < 4.78 is 10.4. The van der Waals surface area contributed by atoms with Crippen LogP contribution in [0.2, 0.25) is 0 Å². The average molecular weight is 463 g/mol. The number of halogens is 1. The number of aliphatic imine (C=N–C) groups is 1. The van der Waals surface area contributed by atoms with Crippen molar-refractivity contribution in [3.8, 4) is 0 Å². The van der Waals surface area contributed by atoms with Crippen molar-refractivity contribution in [3.63, 3.8) is 0 Å². The predicted octanol–water partition coefficient (Wildman–Crippen LogP) is 3.32. The molecule has 0 aliphatic carbocycles. The fraction of sp³-hybridized carbons (Fsp3) is 0.471. The van der Waals surface area contributed by atoms with Crippen molar-refractivity contribution in [3.05, 3.63) is 46.5 Å². The summed E-state index contributed by atoms with van der Waals surface area (Å²) in [6.07, 6.45) is 4.48. The molecule has 2 heterocycles. The van der Waals surface area contributed by atoms with Gasteiger partial charge in [0.05, 0.1) is 6.26 Å². The molecule has 134 valence electrons. The number of methoxy groups -OCH3 is 1. The molecule has 2 rings (SSSR count). The number of furan rings is 1. The molecule has 7 heteroatoms. The molecule has 0 atom stereocenters. The Bertz CT molecular complexity index is 502. The number of hydrogen-bond donors (Lipinski definition) is 2. The topological polar surface area (TPSA) is 58.8 Å². The molecular weight excluding hydrogens is 437 g/mol. The lowest BCUT2D eigenvalue weighted by Crippen LogP contribution is -2.39. The quantitative estimate of drug-likeness (QED) is 0.246. The van der Waals surface area contributed by atoms with Gasteiger partial charge in [-0.15, -0.1) is 35.3 Å². The van der Waals surface area contributed by atoms with E-state index in [9.17, 15) is 0 Å². The molecule has 0 aliphatic heterocycles. The Kier molecular flexibility index (Phi) is 11.6. The SMILES string of the molecule is COCCCN=C(NCCc1ccco1)NCCc1cccs1.I. The minimum absolute atomic E-state index is 0. The lowest BCUT2D eigenvalue weighted by molar-refractivity contribution is 0.197. The van der Waals surface area contributed by atoms with Crippen molar-refractivity contribution in [2.45, 2.75) is 19.3 Å².